The van der Waals surface area contributed by atoms with Gasteiger partial charge in [0, 0.05) is 37.6 Å². The molecule has 1 aromatic carbocycles. The van der Waals surface area contributed by atoms with E-state index in [2.05, 4.69) is 62.2 Å². The molecule has 3 heterocycles. The molecular formula is C20H22N8. The second-order valence-electron chi connectivity index (χ2n) is 6.95. The summed E-state index contributed by atoms with van der Waals surface area (Å²) in [5.74, 6) is 1.22. The maximum atomic E-state index is 8.79. The molecule has 0 saturated carbocycles. The van der Waals surface area contributed by atoms with Crippen LogP contribution in [0.25, 0.3) is 5.69 Å². The summed E-state index contributed by atoms with van der Waals surface area (Å²) in [6.45, 7) is 6.42. The van der Waals surface area contributed by atoms with Gasteiger partial charge in [-0.2, -0.15) is 5.26 Å². The molecule has 0 bridgehead atoms. The molecule has 2 aromatic heterocycles. The van der Waals surface area contributed by atoms with Crippen LogP contribution in [0, 0.1) is 18.3 Å². The molecule has 0 radical (unpaired) electrons. The predicted molar refractivity (Wildman–Crippen MR) is 108 cm³/mol. The molecule has 0 unspecified atom stereocenters. The molecule has 0 spiro atoms. The number of imidazole rings is 1. The highest BCUT2D eigenvalue weighted by Crippen LogP contribution is 2.24. The number of nitrogens with zero attached hydrogens (tertiary/aromatic N) is 7. The molecule has 28 heavy (non-hydrogen) atoms. The number of benzene rings is 1. The van der Waals surface area contributed by atoms with Gasteiger partial charge in [0.25, 0.3) is 0 Å². The summed E-state index contributed by atoms with van der Waals surface area (Å²) in [5, 5.41) is 11.9. The number of anilines is 3. The quantitative estimate of drug-likeness (QED) is 0.750. The lowest BCUT2D eigenvalue weighted by atomic mass is 10.1. The number of aryl methyl sites for hydroxylation is 1. The zero-order valence-electron chi connectivity index (χ0n) is 16.0. The van der Waals surface area contributed by atoms with Crippen LogP contribution in [0.3, 0.4) is 0 Å². The van der Waals surface area contributed by atoms with Crippen LogP contribution in [-0.2, 0) is 0 Å². The van der Waals surface area contributed by atoms with Gasteiger partial charge in [0.2, 0.25) is 0 Å². The third-order valence-electron chi connectivity index (χ3n) is 4.93. The Hall–Kier alpha value is -3.44. The van der Waals surface area contributed by atoms with E-state index in [0.717, 1.165) is 31.9 Å². The predicted octanol–water partition coefficient (Wildman–Crippen LogP) is 2.34. The third kappa shape index (κ3) is 3.80. The van der Waals surface area contributed by atoms with E-state index in [0.29, 0.717) is 11.6 Å². The smallest absolute Gasteiger partial charge is 0.158 e. The average Bonchev–Trinajstić information content (AvgIpc) is 3.17. The van der Waals surface area contributed by atoms with Crippen molar-refractivity contribution in [2.75, 3.05) is 43.4 Å². The zero-order valence-corrected chi connectivity index (χ0v) is 16.0. The Bertz CT molecular complexity index is 994. The number of hydrogen-bond acceptors (Lipinski definition) is 7. The molecule has 3 aromatic rings. The van der Waals surface area contributed by atoms with Crippen LogP contribution in [0.5, 0.6) is 0 Å². The van der Waals surface area contributed by atoms with Crippen molar-refractivity contribution in [2.24, 2.45) is 0 Å². The molecule has 1 N–H and O–H groups in total. The van der Waals surface area contributed by atoms with Crippen molar-refractivity contribution in [3.8, 4) is 11.8 Å². The fraction of sp³-hybridized carbons (Fsp3) is 0.300. The van der Waals surface area contributed by atoms with E-state index in [1.807, 2.05) is 16.8 Å². The van der Waals surface area contributed by atoms with Crippen molar-refractivity contribution in [2.45, 2.75) is 6.92 Å². The van der Waals surface area contributed by atoms with Gasteiger partial charge in [0.15, 0.2) is 5.69 Å². The summed E-state index contributed by atoms with van der Waals surface area (Å²) in [6.07, 6.45) is 6.64. The molecule has 142 valence electrons. The summed E-state index contributed by atoms with van der Waals surface area (Å²) in [5.41, 5.74) is 3.83. The minimum absolute atomic E-state index is 0.284. The van der Waals surface area contributed by atoms with Crippen LogP contribution in [0.15, 0.2) is 43.1 Å². The van der Waals surface area contributed by atoms with Gasteiger partial charge >= 0.3 is 0 Å². The Morgan fingerprint density at radius 1 is 1.04 bits per heavy atom. The lowest BCUT2D eigenvalue weighted by molar-refractivity contribution is 0.313. The molecule has 4 rings (SSSR count). The Morgan fingerprint density at radius 2 is 1.86 bits per heavy atom. The Morgan fingerprint density at radius 3 is 2.54 bits per heavy atom. The van der Waals surface area contributed by atoms with E-state index in [9.17, 15) is 0 Å². The Kier molecular flexibility index (Phi) is 4.91. The summed E-state index contributed by atoms with van der Waals surface area (Å²) in [7, 11) is 2.17. The second kappa shape index (κ2) is 7.66. The molecule has 1 saturated heterocycles. The largest absolute Gasteiger partial charge is 0.369 e. The summed E-state index contributed by atoms with van der Waals surface area (Å²) in [6, 6.07) is 8.50. The molecule has 8 nitrogen and oxygen atoms in total. The minimum Gasteiger partial charge on any atom is -0.369 e. The highest BCUT2D eigenvalue weighted by atomic mass is 15.2. The number of nitriles is 1. The zero-order chi connectivity index (χ0) is 19.5. The molecule has 8 heteroatoms. The Balaban J connectivity index is 1.49. The number of nitrogens with one attached hydrogen (secondary N) is 1. The van der Waals surface area contributed by atoms with Crippen LogP contribution in [0.4, 0.5) is 17.3 Å². The number of piperazine rings is 1. The molecule has 0 aliphatic carbocycles. The topological polar surface area (TPSA) is 85.9 Å². The molecule has 1 aliphatic rings. The van der Waals surface area contributed by atoms with Gasteiger partial charge in [0.1, 0.15) is 24.0 Å². The van der Waals surface area contributed by atoms with E-state index in [-0.39, 0.29) is 5.69 Å². The van der Waals surface area contributed by atoms with Crippen LogP contribution < -0.4 is 10.2 Å². The monoisotopic (exact) mass is 374 g/mol. The standard InChI is InChI=1S/C20H22N8/c1-15-9-17(27-7-5-26(2)6-8-27)3-4-18(15)28-13-20(24-14-28)25-19-12-22-16(10-21)11-23-19/h3-4,9,11-14H,5-8H2,1-2H3,(H,23,25). The normalized spacial score (nSPS) is 14.7. The van der Waals surface area contributed by atoms with E-state index >= 15 is 0 Å². The summed E-state index contributed by atoms with van der Waals surface area (Å²) < 4.78 is 1.99. The van der Waals surface area contributed by atoms with Crippen LogP contribution >= 0.6 is 0 Å². The molecule has 0 amide bonds. The van der Waals surface area contributed by atoms with Gasteiger partial charge in [-0.3, -0.25) is 0 Å². The fourth-order valence-electron chi connectivity index (χ4n) is 3.29. The van der Waals surface area contributed by atoms with Gasteiger partial charge in [-0.15, -0.1) is 0 Å². The van der Waals surface area contributed by atoms with E-state index in [1.54, 1.807) is 6.33 Å². The number of aromatic nitrogens is 4. The first kappa shape index (κ1) is 17.9. The molecule has 0 atom stereocenters. The number of hydrogen-bond donors (Lipinski definition) is 1. The van der Waals surface area contributed by atoms with Gasteiger partial charge in [-0.05, 0) is 37.7 Å². The first-order valence-electron chi connectivity index (χ1n) is 9.20. The molecular weight excluding hydrogens is 352 g/mol. The SMILES string of the molecule is Cc1cc(N2CCN(C)CC2)ccc1-n1cnc(Nc2cnc(C#N)cn2)c1. The van der Waals surface area contributed by atoms with Crippen molar-refractivity contribution in [3.63, 3.8) is 0 Å². The summed E-state index contributed by atoms with van der Waals surface area (Å²) in [4.78, 5) is 17.3. The second-order valence-corrected chi connectivity index (χ2v) is 6.95. The van der Waals surface area contributed by atoms with Gasteiger partial charge in [-0.1, -0.05) is 0 Å². The fourth-order valence-corrected chi connectivity index (χ4v) is 3.29. The lowest BCUT2D eigenvalue weighted by Gasteiger charge is -2.34. The van der Waals surface area contributed by atoms with Crippen LogP contribution in [-0.4, -0.2) is 57.6 Å². The number of rotatable bonds is 4. The van der Waals surface area contributed by atoms with Crippen molar-refractivity contribution in [1.29, 1.82) is 5.26 Å². The van der Waals surface area contributed by atoms with Crippen molar-refractivity contribution < 1.29 is 0 Å². The van der Waals surface area contributed by atoms with Crippen molar-refractivity contribution in [3.05, 3.63) is 54.4 Å². The summed E-state index contributed by atoms with van der Waals surface area (Å²) >= 11 is 0. The minimum atomic E-state index is 0.284. The van der Waals surface area contributed by atoms with Crippen molar-refractivity contribution >= 4 is 17.3 Å². The van der Waals surface area contributed by atoms with E-state index in [1.165, 1.54) is 23.6 Å². The van der Waals surface area contributed by atoms with Gasteiger partial charge < -0.3 is 19.7 Å². The third-order valence-corrected chi connectivity index (χ3v) is 4.93. The maximum absolute atomic E-state index is 8.79. The van der Waals surface area contributed by atoms with Crippen molar-refractivity contribution in [1.82, 2.24) is 24.4 Å². The van der Waals surface area contributed by atoms with E-state index in [4.69, 9.17) is 5.26 Å². The van der Waals surface area contributed by atoms with Gasteiger partial charge in [0.05, 0.1) is 18.6 Å². The first-order chi connectivity index (χ1) is 13.6. The number of likely N-dealkylation sites (N-methyl/N-ethyl adjacent to an activating group) is 1. The average molecular weight is 374 g/mol. The highest BCUT2D eigenvalue weighted by Gasteiger charge is 2.15. The maximum Gasteiger partial charge on any atom is 0.158 e. The Labute approximate surface area is 164 Å². The van der Waals surface area contributed by atoms with Gasteiger partial charge in [-0.25, -0.2) is 15.0 Å². The lowest BCUT2D eigenvalue weighted by Crippen LogP contribution is -2.44. The van der Waals surface area contributed by atoms with Crippen LogP contribution in [0.2, 0.25) is 0 Å². The highest BCUT2D eigenvalue weighted by molar-refractivity contribution is 5.57. The first-order valence-corrected chi connectivity index (χ1v) is 9.20. The van der Waals surface area contributed by atoms with Crippen LogP contribution in [0.1, 0.15) is 11.3 Å². The molecule has 1 fully saturated rings. The van der Waals surface area contributed by atoms with E-state index < -0.39 is 0 Å². The molecule has 1 aliphatic heterocycles.